The van der Waals surface area contributed by atoms with Gasteiger partial charge in [-0.2, -0.15) is 4.31 Å². The average molecular weight is 366 g/mol. The highest BCUT2D eigenvalue weighted by molar-refractivity contribution is 7.89. The van der Waals surface area contributed by atoms with Gasteiger partial charge in [0, 0.05) is 38.3 Å². The summed E-state index contributed by atoms with van der Waals surface area (Å²) in [7, 11) is -3.55. The maximum Gasteiger partial charge on any atom is 0.243 e. The Morgan fingerprint density at radius 2 is 2.04 bits per heavy atom. The van der Waals surface area contributed by atoms with Crippen LogP contribution in [0.4, 0.5) is 5.69 Å². The van der Waals surface area contributed by atoms with Crippen LogP contribution in [-0.4, -0.2) is 51.0 Å². The molecule has 0 saturated carbocycles. The molecule has 0 aliphatic carbocycles. The predicted octanol–water partition coefficient (Wildman–Crippen LogP) is 2.31. The molecule has 3 rings (SSSR count). The second kappa shape index (κ2) is 7.43. The molecule has 1 atom stereocenters. The van der Waals surface area contributed by atoms with Crippen LogP contribution >= 0.6 is 0 Å². The molecule has 2 saturated heterocycles. The van der Waals surface area contributed by atoms with E-state index in [2.05, 4.69) is 0 Å². The molecular weight excluding hydrogens is 340 g/mol. The fourth-order valence-corrected chi connectivity index (χ4v) is 5.36. The minimum Gasteiger partial charge on any atom is -0.377 e. The predicted molar refractivity (Wildman–Crippen MR) is 96.2 cm³/mol. The molecule has 138 valence electrons. The minimum atomic E-state index is -3.55. The number of benzene rings is 1. The molecule has 2 aliphatic heterocycles. The highest BCUT2D eigenvalue weighted by Gasteiger charge is 2.32. The van der Waals surface area contributed by atoms with E-state index in [0.717, 1.165) is 24.9 Å². The number of anilines is 1. The smallest absolute Gasteiger partial charge is 0.243 e. The van der Waals surface area contributed by atoms with E-state index in [1.807, 2.05) is 6.92 Å². The topological polar surface area (TPSA) is 66.9 Å². The van der Waals surface area contributed by atoms with Crippen LogP contribution in [0.25, 0.3) is 0 Å². The number of rotatable bonds is 5. The van der Waals surface area contributed by atoms with Crippen molar-refractivity contribution in [2.75, 3.05) is 31.1 Å². The van der Waals surface area contributed by atoms with E-state index < -0.39 is 10.0 Å². The first-order valence-corrected chi connectivity index (χ1v) is 10.4. The van der Waals surface area contributed by atoms with Gasteiger partial charge in [-0.3, -0.25) is 4.79 Å². The van der Waals surface area contributed by atoms with Crippen molar-refractivity contribution in [2.24, 2.45) is 0 Å². The van der Waals surface area contributed by atoms with E-state index in [-0.39, 0.29) is 12.0 Å². The van der Waals surface area contributed by atoms with Crippen LogP contribution in [0.3, 0.4) is 0 Å². The molecule has 0 spiro atoms. The number of carbonyl (C=O) groups is 1. The number of hydrogen-bond acceptors (Lipinski definition) is 4. The summed E-state index contributed by atoms with van der Waals surface area (Å²) in [5.74, 6) is 0.102. The lowest BCUT2D eigenvalue weighted by Gasteiger charge is -2.32. The fraction of sp³-hybridized carbons (Fsp3) is 0.611. The molecular formula is C18H26N2O4S. The Balaban J connectivity index is 1.83. The quantitative estimate of drug-likeness (QED) is 0.802. The highest BCUT2D eigenvalue weighted by atomic mass is 32.2. The molecule has 7 heteroatoms. The van der Waals surface area contributed by atoms with E-state index in [1.165, 1.54) is 4.31 Å². The number of piperidine rings is 1. The van der Waals surface area contributed by atoms with Gasteiger partial charge in [0.05, 0.1) is 11.0 Å². The van der Waals surface area contributed by atoms with Gasteiger partial charge in [-0.05, 0) is 56.9 Å². The Hall–Kier alpha value is -1.44. The second-order valence-corrected chi connectivity index (χ2v) is 8.59. The molecule has 6 nitrogen and oxygen atoms in total. The van der Waals surface area contributed by atoms with Crippen molar-refractivity contribution in [3.8, 4) is 0 Å². The monoisotopic (exact) mass is 366 g/mol. The molecule has 25 heavy (non-hydrogen) atoms. The van der Waals surface area contributed by atoms with Crippen molar-refractivity contribution in [1.82, 2.24) is 4.31 Å². The lowest BCUT2D eigenvalue weighted by atomic mass is 10.1. The van der Waals surface area contributed by atoms with Gasteiger partial charge in [0.25, 0.3) is 0 Å². The van der Waals surface area contributed by atoms with Crippen molar-refractivity contribution < 1.29 is 17.9 Å². The van der Waals surface area contributed by atoms with Crippen molar-refractivity contribution in [1.29, 1.82) is 0 Å². The van der Waals surface area contributed by atoms with E-state index in [0.29, 0.717) is 43.1 Å². The number of nitrogens with zero attached hydrogens (tertiary/aromatic N) is 2. The normalized spacial score (nSPS) is 22.6. The number of hydrogen-bond donors (Lipinski definition) is 0. The largest absolute Gasteiger partial charge is 0.377 e. The van der Waals surface area contributed by atoms with Crippen LogP contribution in [0.15, 0.2) is 23.1 Å². The average Bonchev–Trinajstić information content (AvgIpc) is 3.01. The molecule has 1 amide bonds. The molecule has 2 aliphatic rings. The van der Waals surface area contributed by atoms with Crippen molar-refractivity contribution in [3.63, 3.8) is 0 Å². The fourth-order valence-electron chi connectivity index (χ4n) is 3.65. The van der Waals surface area contributed by atoms with Gasteiger partial charge in [-0.25, -0.2) is 8.42 Å². The first-order valence-electron chi connectivity index (χ1n) is 8.96. The van der Waals surface area contributed by atoms with Crippen LogP contribution in [0.1, 0.15) is 38.2 Å². The van der Waals surface area contributed by atoms with Crippen molar-refractivity contribution >= 4 is 21.6 Å². The third-order valence-corrected chi connectivity index (χ3v) is 6.93. The molecule has 0 bridgehead atoms. The first-order chi connectivity index (χ1) is 11.9. The van der Waals surface area contributed by atoms with Gasteiger partial charge in [0.2, 0.25) is 15.9 Å². The number of sulfonamides is 1. The van der Waals surface area contributed by atoms with Crippen molar-refractivity contribution in [3.05, 3.63) is 23.8 Å². The van der Waals surface area contributed by atoms with Gasteiger partial charge in [0.15, 0.2) is 0 Å². The van der Waals surface area contributed by atoms with Crippen LogP contribution in [0, 0.1) is 6.92 Å². The van der Waals surface area contributed by atoms with Crippen LogP contribution < -0.4 is 4.90 Å². The third kappa shape index (κ3) is 3.73. The zero-order chi connectivity index (χ0) is 18.0. The summed E-state index contributed by atoms with van der Waals surface area (Å²) in [5.41, 5.74) is 1.46. The van der Waals surface area contributed by atoms with Crippen LogP contribution in [-0.2, 0) is 19.6 Å². The maximum atomic E-state index is 13.0. The SMILES string of the molecule is CCOC1CCCN(S(=O)(=O)c2ccc(N3CCCC3=O)cc2C)C1. The summed E-state index contributed by atoms with van der Waals surface area (Å²) in [6.07, 6.45) is 3.09. The van der Waals surface area contributed by atoms with Gasteiger partial charge < -0.3 is 9.64 Å². The Morgan fingerprint density at radius 3 is 2.68 bits per heavy atom. The molecule has 2 heterocycles. The lowest BCUT2D eigenvalue weighted by molar-refractivity contribution is -0.117. The molecule has 1 aromatic carbocycles. The Labute approximate surface area is 149 Å². The minimum absolute atomic E-state index is 0.0321. The Kier molecular flexibility index (Phi) is 5.46. The standard InChI is InChI=1S/C18H26N2O4S/c1-3-24-16-6-4-10-19(13-16)25(22,23)17-9-8-15(12-14(17)2)20-11-5-7-18(20)21/h8-9,12,16H,3-7,10-11,13H2,1-2H3. The summed E-state index contributed by atoms with van der Waals surface area (Å²) in [6, 6.07) is 5.18. The van der Waals surface area contributed by atoms with E-state index in [9.17, 15) is 13.2 Å². The van der Waals surface area contributed by atoms with Crippen LogP contribution in [0.5, 0.6) is 0 Å². The summed E-state index contributed by atoms with van der Waals surface area (Å²) >= 11 is 0. The van der Waals surface area contributed by atoms with E-state index >= 15 is 0 Å². The van der Waals surface area contributed by atoms with Gasteiger partial charge in [-0.15, -0.1) is 0 Å². The number of carbonyl (C=O) groups excluding carboxylic acids is 1. The highest BCUT2D eigenvalue weighted by Crippen LogP contribution is 2.29. The number of ether oxygens (including phenoxy) is 1. The first kappa shape index (κ1) is 18.4. The van der Waals surface area contributed by atoms with E-state index in [1.54, 1.807) is 30.0 Å². The maximum absolute atomic E-state index is 13.0. The van der Waals surface area contributed by atoms with Crippen LogP contribution in [0.2, 0.25) is 0 Å². The van der Waals surface area contributed by atoms with Crippen molar-refractivity contribution in [2.45, 2.75) is 50.5 Å². The number of amides is 1. The molecule has 0 radical (unpaired) electrons. The summed E-state index contributed by atoms with van der Waals surface area (Å²) in [4.78, 5) is 13.9. The third-order valence-electron chi connectivity index (χ3n) is 4.90. The molecule has 1 unspecified atom stereocenters. The number of aryl methyl sites for hydroxylation is 1. The zero-order valence-electron chi connectivity index (χ0n) is 14.9. The Bertz CT molecular complexity index is 745. The second-order valence-electron chi connectivity index (χ2n) is 6.68. The molecule has 0 N–H and O–H groups in total. The summed E-state index contributed by atoms with van der Waals surface area (Å²) in [6.45, 7) is 5.94. The molecule has 1 aromatic rings. The summed E-state index contributed by atoms with van der Waals surface area (Å²) in [5, 5.41) is 0. The van der Waals surface area contributed by atoms with Gasteiger partial charge in [0.1, 0.15) is 0 Å². The van der Waals surface area contributed by atoms with Gasteiger partial charge >= 0.3 is 0 Å². The van der Waals surface area contributed by atoms with E-state index in [4.69, 9.17) is 4.74 Å². The molecule has 0 aromatic heterocycles. The summed E-state index contributed by atoms with van der Waals surface area (Å²) < 4.78 is 33.2. The Morgan fingerprint density at radius 1 is 1.24 bits per heavy atom. The zero-order valence-corrected chi connectivity index (χ0v) is 15.7. The molecule has 2 fully saturated rings. The lowest BCUT2D eigenvalue weighted by Crippen LogP contribution is -2.43. The van der Waals surface area contributed by atoms with Gasteiger partial charge in [-0.1, -0.05) is 0 Å².